The van der Waals surface area contributed by atoms with E-state index >= 15 is 0 Å². The third-order valence-electron chi connectivity index (χ3n) is 3.25. The molecule has 3 rings (SSSR count). The Hall–Kier alpha value is -2.09. The van der Waals surface area contributed by atoms with E-state index in [0.29, 0.717) is 0 Å². The maximum atomic E-state index is 5.12. The lowest BCUT2D eigenvalue weighted by Crippen LogP contribution is -2.17. The van der Waals surface area contributed by atoms with Crippen LogP contribution >= 0.6 is 0 Å². The molecule has 2 heteroatoms. The van der Waals surface area contributed by atoms with E-state index in [1.165, 1.54) is 16.7 Å². The Kier molecular flexibility index (Phi) is 4.79. The molecule has 2 aromatic rings. The summed E-state index contributed by atoms with van der Waals surface area (Å²) in [6.45, 7) is 8.84. The van der Waals surface area contributed by atoms with Gasteiger partial charge in [-0.1, -0.05) is 60.2 Å². The molecular formula is C19H23NO. The zero-order valence-corrected chi connectivity index (χ0v) is 13.3. The summed E-state index contributed by atoms with van der Waals surface area (Å²) in [5.74, 6) is 0.815. The van der Waals surface area contributed by atoms with Crippen molar-refractivity contribution < 1.29 is 4.74 Å². The van der Waals surface area contributed by atoms with Crippen molar-refractivity contribution >= 4 is 5.90 Å². The van der Waals surface area contributed by atoms with Crippen molar-refractivity contribution in [1.29, 1.82) is 0 Å². The van der Waals surface area contributed by atoms with E-state index in [1.54, 1.807) is 0 Å². The molecule has 2 nitrogen and oxygen atoms in total. The summed E-state index contributed by atoms with van der Waals surface area (Å²) in [6.07, 6.45) is 0. The highest BCUT2D eigenvalue weighted by molar-refractivity contribution is 5.75. The second-order valence-electron chi connectivity index (χ2n) is 5.96. The van der Waals surface area contributed by atoms with Crippen molar-refractivity contribution in [3.8, 4) is 11.1 Å². The smallest absolute Gasteiger partial charge is 0.180 e. The highest BCUT2D eigenvalue weighted by Gasteiger charge is 2.23. The van der Waals surface area contributed by atoms with Gasteiger partial charge in [0.2, 0.25) is 0 Å². The molecule has 0 unspecified atom stereocenters. The van der Waals surface area contributed by atoms with Crippen molar-refractivity contribution in [2.45, 2.75) is 33.2 Å². The average molecular weight is 281 g/mol. The Morgan fingerprint density at radius 3 is 1.86 bits per heavy atom. The second kappa shape index (κ2) is 6.57. The molecular weight excluding hydrogens is 258 g/mol. The molecule has 2 aromatic carbocycles. The molecule has 1 aliphatic heterocycles. The zero-order chi connectivity index (χ0) is 15.3. The van der Waals surface area contributed by atoms with Crippen molar-refractivity contribution in [2.24, 2.45) is 4.99 Å². The standard InChI is InChI=1S/C13H12.C6H11NO/c1-11-7-9-13(10-8-11)12-5-3-2-4-6-12;1-5-7-6(2,3)4-8-5/h2-10H,1H3;4H2,1-3H3. The van der Waals surface area contributed by atoms with Crippen LogP contribution in [0, 0.1) is 6.92 Å². The fraction of sp³-hybridized carbons (Fsp3) is 0.316. The van der Waals surface area contributed by atoms with E-state index < -0.39 is 0 Å². The van der Waals surface area contributed by atoms with Gasteiger partial charge >= 0.3 is 0 Å². The quantitative estimate of drug-likeness (QED) is 0.730. The maximum absolute atomic E-state index is 5.12. The number of nitrogens with zero attached hydrogens (tertiary/aromatic N) is 1. The summed E-state index contributed by atoms with van der Waals surface area (Å²) in [5.41, 5.74) is 3.90. The third-order valence-corrected chi connectivity index (χ3v) is 3.25. The Balaban J connectivity index is 0.000000173. The first-order valence-corrected chi connectivity index (χ1v) is 7.28. The number of hydrogen-bond donors (Lipinski definition) is 0. The number of hydrogen-bond acceptors (Lipinski definition) is 2. The van der Waals surface area contributed by atoms with Crippen LogP contribution in [0.4, 0.5) is 0 Å². The van der Waals surface area contributed by atoms with Crippen molar-refractivity contribution in [3.63, 3.8) is 0 Å². The maximum Gasteiger partial charge on any atom is 0.180 e. The molecule has 0 amide bonds. The van der Waals surface area contributed by atoms with E-state index in [4.69, 9.17) is 4.74 Å². The summed E-state index contributed by atoms with van der Waals surface area (Å²) in [4.78, 5) is 4.22. The first-order chi connectivity index (χ1) is 9.96. The molecule has 0 aliphatic carbocycles. The molecule has 1 heterocycles. The van der Waals surface area contributed by atoms with Crippen LogP contribution in [0.2, 0.25) is 0 Å². The predicted octanol–water partition coefficient (Wildman–Crippen LogP) is 4.88. The minimum absolute atomic E-state index is 0.0318. The third kappa shape index (κ3) is 4.75. The Morgan fingerprint density at radius 1 is 0.857 bits per heavy atom. The molecule has 0 saturated heterocycles. The Bertz CT molecular complexity index is 597. The fourth-order valence-electron chi connectivity index (χ4n) is 2.15. The van der Waals surface area contributed by atoms with E-state index in [2.05, 4.69) is 74.3 Å². The van der Waals surface area contributed by atoms with Gasteiger partial charge in [0.25, 0.3) is 0 Å². The summed E-state index contributed by atoms with van der Waals surface area (Å²) in [6, 6.07) is 19.0. The minimum atomic E-state index is 0.0318. The number of aliphatic imine (C=N–C) groups is 1. The zero-order valence-electron chi connectivity index (χ0n) is 13.3. The molecule has 0 bridgehead atoms. The van der Waals surface area contributed by atoms with E-state index in [0.717, 1.165) is 12.5 Å². The SMILES string of the molecule is CC1=NC(C)(C)CO1.Cc1ccc(-c2ccccc2)cc1. The van der Waals surface area contributed by atoms with Crippen LogP contribution in [0.25, 0.3) is 11.1 Å². The van der Waals surface area contributed by atoms with Crippen molar-refractivity contribution in [1.82, 2.24) is 0 Å². The van der Waals surface area contributed by atoms with Gasteiger partial charge in [-0.05, 0) is 31.9 Å². The van der Waals surface area contributed by atoms with Crippen LogP contribution in [-0.4, -0.2) is 18.0 Å². The first kappa shape index (κ1) is 15.3. The lowest BCUT2D eigenvalue weighted by atomic mass is 10.0. The molecule has 110 valence electrons. The van der Waals surface area contributed by atoms with Gasteiger partial charge in [0, 0.05) is 6.92 Å². The van der Waals surface area contributed by atoms with Gasteiger partial charge in [-0.25, -0.2) is 4.99 Å². The summed E-state index contributed by atoms with van der Waals surface area (Å²) in [7, 11) is 0. The number of rotatable bonds is 1. The predicted molar refractivity (Wildman–Crippen MR) is 89.8 cm³/mol. The molecule has 0 radical (unpaired) electrons. The van der Waals surface area contributed by atoms with Crippen LogP contribution in [-0.2, 0) is 4.74 Å². The number of aryl methyl sites for hydroxylation is 1. The highest BCUT2D eigenvalue weighted by atomic mass is 16.5. The van der Waals surface area contributed by atoms with E-state index in [-0.39, 0.29) is 5.54 Å². The highest BCUT2D eigenvalue weighted by Crippen LogP contribution is 2.18. The van der Waals surface area contributed by atoms with Crippen LogP contribution < -0.4 is 0 Å². The molecule has 21 heavy (non-hydrogen) atoms. The van der Waals surface area contributed by atoms with Gasteiger partial charge in [0.1, 0.15) is 6.61 Å². The molecule has 0 aromatic heterocycles. The lowest BCUT2D eigenvalue weighted by molar-refractivity contribution is 0.277. The minimum Gasteiger partial charge on any atom is -0.479 e. The second-order valence-corrected chi connectivity index (χ2v) is 5.96. The monoisotopic (exact) mass is 281 g/mol. The summed E-state index contributed by atoms with van der Waals surface area (Å²) < 4.78 is 5.12. The van der Waals surface area contributed by atoms with Gasteiger partial charge in [-0.2, -0.15) is 0 Å². The summed E-state index contributed by atoms with van der Waals surface area (Å²) >= 11 is 0. The van der Waals surface area contributed by atoms with Crippen LogP contribution in [0.3, 0.4) is 0 Å². The molecule has 0 fully saturated rings. The normalized spacial score (nSPS) is 15.5. The van der Waals surface area contributed by atoms with Gasteiger partial charge in [0.15, 0.2) is 5.90 Å². The molecule has 0 N–H and O–H groups in total. The van der Waals surface area contributed by atoms with Gasteiger partial charge in [0.05, 0.1) is 5.54 Å². The molecule has 0 spiro atoms. The van der Waals surface area contributed by atoms with Crippen molar-refractivity contribution in [2.75, 3.05) is 6.61 Å². The van der Waals surface area contributed by atoms with Crippen LogP contribution in [0.1, 0.15) is 26.3 Å². The van der Waals surface area contributed by atoms with Crippen LogP contribution in [0.5, 0.6) is 0 Å². The average Bonchev–Trinajstić information content (AvgIpc) is 2.79. The molecule has 0 saturated carbocycles. The summed E-state index contributed by atoms with van der Waals surface area (Å²) in [5, 5.41) is 0. The lowest BCUT2D eigenvalue weighted by Gasteiger charge is -2.07. The first-order valence-electron chi connectivity index (χ1n) is 7.28. The van der Waals surface area contributed by atoms with Gasteiger partial charge < -0.3 is 4.74 Å². The van der Waals surface area contributed by atoms with Crippen LogP contribution in [0.15, 0.2) is 59.6 Å². The van der Waals surface area contributed by atoms with Crippen molar-refractivity contribution in [3.05, 3.63) is 60.2 Å². The van der Waals surface area contributed by atoms with Gasteiger partial charge in [-0.3, -0.25) is 0 Å². The Morgan fingerprint density at radius 2 is 1.43 bits per heavy atom. The fourth-order valence-corrected chi connectivity index (χ4v) is 2.15. The topological polar surface area (TPSA) is 21.6 Å². The largest absolute Gasteiger partial charge is 0.479 e. The number of benzene rings is 2. The molecule has 1 aliphatic rings. The van der Waals surface area contributed by atoms with E-state index in [1.807, 2.05) is 13.0 Å². The molecule has 0 atom stereocenters. The Labute approximate surface area is 127 Å². The number of ether oxygens (including phenoxy) is 1. The van der Waals surface area contributed by atoms with E-state index in [9.17, 15) is 0 Å². The van der Waals surface area contributed by atoms with Gasteiger partial charge in [-0.15, -0.1) is 0 Å².